The lowest BCUT2D eigenvalue weighted by atomic mass is 10.4. The zero-order chi connectivity index (χ0) is 11.3. The van der Waals surface area contributed by atoms with Crippen LogP contribution in [0.15, 0.2) is 4.34 Å². The van der Waals surface area contributed by atoms with Gasteiger partial charge < -0.3 is 11.1 Å². The minimum absolute atomic E-state index is 0.119. The number of anilines is 1. The van der Waals surface area contributed by atoms with Crippen molar-refractivity contribution in [3.8, 4) is 12.3 Å². The van der Waals surface area contributed by atoms with Crippen LogP contribution in [0, 0.1) is 12.3 Å². The van der Waals surface area contributed by atoms with Crippen LogP contribution in [-0.4, -0.2) is 27.9 Å². The maximum atomic E-state index is 11.4. The van der Waals surface area contributed by atoms with E-state index in [1.807, 2.05) is 0 Å². The number of rotatable bonds is 4. The summed E-state index contributed by atoms with van der Waals surface area (Å²) < 4.78 is 0.677. The van der Waals surface area contributed by atoms with Crippen molar-refractivity contribution >= 4 is 34.1 Å². The van der Waals surface area contributed by atoms with Crippen LogP contribution in [0.3, 0.4) is 0 Å². The predicted molar refractivity (Wildman–Crippen MR) is 61.5 cm³/mol. The number of hydrogen-bond acceptors (Lipinski definition) is 6. The lowest BCUT2D eigenvalue weighted by Gasteiger charge is -2.07. The minimum atomic E-state index is -0.259. The Balaban J connectivity index is 2.45. The Kier molecular flexibility index (Phi) is 4.39. The van der Waals surface area contributed by atoms with Crippen LogP contribution >= 0.6 is 23.1 Å². The molecule has 0 bridgehead atoms. The Bertz CT molecular complexity index is 384. The molecule has 0 aromatic carbocycles. The fourth-order valence-corrected chi connectivity index (χ4v) is 2.56. The first-order valence-corrected chi connectivity index (χ1v) is 5.80. The van der Waals surface area contributed by atoms with Gasteiger partial charge in [-0.2, -0.15) is 0 Å². The third-order valence-corrected chi connectivity index (χ3v) is 3.37. The van der Waals surface area contributed by atoms with E-state index in [1.165, 1.54) is 23.1 Å². The molecule has 0 saturated heterocycles. The number of carbonyl (C=O) groups excluding carboxylic acids is 1. The smallest absolute Gasteiger partial charge is 0.234 e. The first-order chi connectivity index (χ1) is 7.13. The zero-order valence-electron chi connectivity index (χ0n) is 8.06. The van der Waals surface area contributed by atoms with Gasteiger partial charge in [-0.05, 0) is 6.92 Å². The number of nitrogens with one attached hydrogen (secondary N) is 1. The fourth-order valence-electron chi connectivity index (χ4n) is 0.755. The van der Waals surface area contributed by atoms with Crippen LogP contribution in [-0.2, 0) is 4.79 Å². The van der Waals surface area contributed by atoms with E-state index in [0.717, 1.165) is 0 Å². The van der Waals surface area contributed by atoms with Crippen LogP contribution in [0.5, 0.6) is 0 Å². The summed E-state index contributed by atoms with van der Waals surface area (Å²) in [5.41, 5.74) is 5.42. The molecular weight excluding hydrogens is 232 g/mol. The predicted octanol–water partition coefficient (Wildman–Crippen LogP) is 0.350. The monoisotopic (exact) mass is 242 g/mol. The molecule has 1 unspecified atom stereocenters. The molecule has 0 aliphatic carbocycles. The molecule has 5 nitrogen and oxygen atoms in total. The van der Waals surface area contributed by atoms with Gasteiger partial charge in [0, 0.05) is 0 Å². The molecule has 3 N–H and O–H groups in total. The van der Waals surface area contributed by atoms with Gasteiger partial charge in [0.05, 0.1) is 11.8 Å². The molecule has 1 heterocycles. The number of nitrogen functional groups attached to an aromatic ring is 1. The molecule has 1 aromatic rings. The van der Waals surface area contributed by atoms with Crippen molar-refractivity contribution in [2.75, 3.05) is 12.3 Å². The summed E-state index contributed by atoms with van der Waals surface area (Å²) in [6.45, 7) is 2.01. The Hall–Kier alpha value is -1.26. The van der Waals surface area contributed by atoms with Gasteiger partial charge in [-0.25, -0.2) is 0 Å². The maximum absolute atomic E-state index is 11.4. The molecule has 0 saturated carbocycles. The van der Waals surface area contributed by atoms with E-state index in [2.05, 4.69) is 21.4 Å². The lowest BCUT2D eigenvalue weighted by Crippen LogP contribution is -2.30. The normalized spacial score (nSPS) is 11.7. The van der Waals surface area contributed by atoms with Crippen molar-refractivity contribution in [3.63, 3.8) is 0 Å². The molecule has 0 aliphatic heterocycles. The lowest BCUT2D eigenvalue weighted by molar-refractivity contribution is -0.120. The Labute approximate surface area is 95.8 Å². The second-order valence-corrected chi connectivity index (χ2v) is 5.19. The highest BCUT2D eigenvalue weighted by molar-refractivity contribution is 8.02. The van der Waals surface area contributed by atoms with Gasteiger partial charge in [-0.1, -0.05) is 29.0 Å². The third-order valence-electron chi connectivity index (χ3n) is 1.43. The van der Waals surface area contributed by atoms with E-state index in [-0.39, 0.29) is 17.7 Å². The largest absolute Gasteiger partial charge is 0.374 e. The SMILES string of the molecule is C#CCNC(=O)C(C)Sc1nnc(N)s1. The standard InChI is InChI=1S/C8H10N4OS2/c1-3-4-10-6(13)5(2)14-8-12-11-7(9)15-8/h1,5H,4H2,2H3,(H2,9,11)(H,10,13). The van der Waals surface area contributed by atoms with Gasteiger partial charge in [0.25, 0.3) is 0 Å². The Morgan fingerprint density at radius 1 is 1.80 bits per heavy atom. The molecule has 0 spiro atoms. The van der Waals surface area contributed by atoms with Gasteiger partial charge in [0.1, 0.15) is 0 Å². The number of hydrogen-bond donors (Lipinski definition) is 2. The van der Waals surface area contributed by atoms with E-state index in [1.54, 1.807) is 6.92 Å². The highest BCUT2D eigenvalue weighted by Crippen LogP contribution is 2.27. The second-order valence-electron chi connectivity index (χ2n) is 2.59. The second kappa shape index (κ2) is 5.58. The van der Waals surface area contributed by atoms with Crippen molar-refractivity contribution in [2.24, 2.45) is 0 Å². The third kappa shape index (κ3) is 3.77. The van der Waals surface area contributed by atoms with Crippen LogP contribution in [0.2, 0.25) is 0 Å². The Morgan fingerprint density at radius 3 is 3.07 bits per heavy atom. The summed E-state index contributed by atoms with van der Waals surface area (Å²) >= 11 is 2.56. The van der Waals surface area contributed by atoms with Crippen molar-refractivity contribution in [1.82, 2.24) is 15.5 Å². The van der Waals surface area contributed by atoms with Crippen molar-refractivity contribution in [1.29, 1.82) is 0 Å². The summed E-state index contributed by atoms with van der Waals surface area (Å²) in [6, 6.07) is 0. The summed E-state index contributed by atoms with van der Waals surface area (Å²) in [5, 5.41) is 10.2. The number of nitrogens with zero attached hydrogens (tertiary/aromatic N) is 2. The molecule has 1 rings (SSSR count). The van der Waals surface area contributed by atoms with E-state index in [9.17, 15) is 4.79 Å². The number of aromatic nitrogens is 2. The van der Waals surface area contributed by atoms with Gasteiger partial charge in [-0.15, -0.1) is 16.6 Å². The maximum Gasteiger partial charge on any atom is 0.234 e. The number of nitrogens with two attached hydrogens (primary N) is 1. The molecule has 7 heteroatoms. The topological polar surface area (TPSA) is 80.9 Å². The summed E-state index contributed by atoms with van der Waals surface area (Å²) in [6.07, 6.45) is 5.02. The molecule has 1 atom stereocenters. The van der Waals surface area contributed by atoms with Gasteiger partial charge in [-0.3, -0.25) is 4.79 Å². The molecule has 0 radical (unpaired) electrons. The van der Waals surface area contributed by atoms with Crippen LogP contribution < -0.4 is 11.1 Å². The minimum Gasteiger partial charge on any atom is -0.374 e. The molecule has 0 aliphatic rings. The fraction of sp³-hybridized carbons (Fsp3) is 0.375. The molecule has 15 heavy (non-hydrogen) atoms. The number of terminal acetylenes is 1. The van der Waals surface area contributed by atoms with Gasteiger partial charge in [0.15, 0.2) is 4.34 Å². The van der Waals surface area contributed by atoms with E-state index >= 15 is 0 Å². The first-order valence-electron chi connectivity index (χ1n) is 4.10. The Morgan fingerprint density at radius 2 is 2.53 bits per heavy atom. The van der Waals surface area contributed by atoms with Crippen molar-refractivity contribution < 1.29 is 4.79 Å². The number of amides is 1. The molecule has 80 valence electrons. The molecule has 1 amide bonds. The highest BCUT2D eigenvalue weighted by Gasteiger charge is 2.15. The number of carbonyl (C=O) groups is 1. The molecule has 0 fully saturated rings. The van der Waals surface area contributed by atoms with Crippen LogP contribution in [0.25, 0.3) is 0 Å². The van der Waals surface area contributed by atoms with Crippen molar-refractivity contribution in [3.05, 3.63) is 0 Å². The first kappa shape index (κ1) is 11.8. The molecule has 1 aromatic heterocycles. The van der Waals surface area contributed by atoms with Crippen LogP contribution in [0.4, 0.5) is 5.13 Å². The van der Waals surface area contributed by atoms with Gasteiger partial charge >= 0.3 is 0 Å². The summed E-state index contributed by atoms with van der Waals surface area (Å²) in [7, 11) is 0. The van der Waals surface area contributed by atoms with Crippen LogP contribution in [0.1, 0.15) is 6.92 Å². The van der Waals surface area contributed by atoms with E-state index < -0.39 is 0 Å². The molecular formula is C8H10N4OS2. The summed E-state index contributed by atoms with van der Waals surface area (Å²) in [5.74, 6) is 2.22. The quantitative estimate of drug-likeness (QED) is 0.588. The highest BCUT2D eigenvalue weighted by atomic mass is 32.2. The number of thioether (sulfide) groups is 1. The van der Waals surface area contributed by atoms with E-state index in [4.69, 9.17) is 12.2 Å². The zero-order valence-corrected chi connectivity index (χ0v) is 9.69. The van der Waals surface area contributed by atoms with Gasteiger partial charge in [0.2, 0.25) is 11.0 Å². The van der Waals surface area contributed by atoms with E-state index in [0.29, 0.717) is 9.47 Å². The average Bonchev–Trinajstić information content (AvgIpc) is 2.60. The average molecular weight is 242 g/mol. The van der Waals surface area contributed by atoms with Crippen molar-refractivity contribution in [2.45, 2.75) is 16.5 Å². The summed E-state index contributed by atoms with van der Waals surface area (Å²) in [4.78, 5) is 11.4.